The maximum absolute atomic E-state index is 12.5. The summed E-state index contributed by atoms with van der Waals surface area (Å²) in [6.07, 6.45) is 0.223. The summed E-state index contributed by atoms with van der Waals surface area (Å²) in [5.41, 5.74) is 0.265. The Balaban J connectivity index is 2.20. The Kier molecular flexibility index (Phi) is 6.07. The molecular weight excluding hydrogens is 348 g/mol. The van der Waals surface area contributed by atoms with Crippen LogP contribution < -0.4 is 9.46 Å². The van der Waals surface area contributed by atoms with E-state index in [2.05, 4.69) is 4.72 Å². The largest absolute Gasteiger partial charge is 0.497 e. The van der Waals surface area contributed by atoms with E-state index in [-0.39, 0.29) is 6.42 Å². The lowest BCUT2D eigenvalue weighted by Crippen LogP contribution is -2.39. The van der Waals surface area contributed by atoms with Crippen molar-refractivity contribution in [1.82, 2.24) is 4.72 Å². The lowest BCUT2D eigenvalue weighted by atomic mass is 10.1. The van der Waals surface area contributed by atoms with Gasteiger partial charge < -0.3 is 9.84 Å². The van der Waals surface area contributed by atoms with Crippen LogP contribution in [0.2, 0.25) is 0 Å². The van der Waals surface area contributed by atoms with E-state index < -0.39 is 38.2 Å². The first kappa shape index (κ1) is 18.8. The van der Waals surface area contributed by atoms with Crippen molar-refractivity contribution in [1.29, 1.82) is 0 Å². The zero-order chi connectivity index (χ0) is 18.4. The van der Waals surface area contributed by atoms with Crippen molar-refractivity contribution in [2.45, 2.75) is 17.4 Å². The van der Waals surface area contributed by atoms with Gasteiger partial charge in [0.1, 0.15) is 5.75 Å². The molecule has 2 rings (SSSR count). The van der Waals surface area contributed by atoms with Crippen LogP contribution in [0.15, 0.2) is 53.4 Å². The number of hydrogen-bond donors (Lipinski definition) is 2. The highest BCUT2D eigenvalue weighted by Crippen LogP contribution is 2.23. The number of aliphatic hydroxyl groups excluding tert-OH is 1. The number of nitrogens with one attached hydrogen (secondary N) is 1. The normalized spacial score (nSPS) is 12.6. The van der Waals surface area contributed by atoms with Crippen LogP contribution >= 0.6 is 0 Å². The van der Waals surface area contributed by atoms with E-state index in [0.717, 1.165) is 17.7 Å². The quantitative estimate of drug-likeness (QED) is 0.540. The Hall–Kier alpha value is -2.49. The minimum absolute atomic E-state index is 0.223. The van der Waals surface area contributed by atoms with Crippen LogP contribution in [0.1, 0.15) is 5.56 Å². The highest BCUT2D eigenvalue weighted by Gasteiger charge is 2.27. The van der Waals surface area contributed by atoms with Crippen molar-refractivity contribution < 1.29 is 23.2 Å². The van der Waals surface area contributed by atoms with E-state index in [4.69, 9.17) is 4.74 Å². The second-order valence-electron chi connectivity index (χ2n) is 5.28. The van der Waals surface area contributed by atoms with Gasteiger partial charge in [-0.25, -0.2) is 13.1 Å². The van der Waals surface area contributed by atoms with Crippen molar-refractivity contribution in [3.8, 4) is 5.75 Å². The minimum Gasteiger partial charge on any atom is -0.497 e. The van der Waals surface area contributed by atoms with Gasteiger partial charge in [-0.2, -0.15) is 0 Å². The molecule has 2 N–H and O–H groups in total. The van der Waals surface area contributed by atoms with Gasteiger partial charge in [0.2, 0.25) is 10.0 Å². The average molecular weight is 366 g/mol. The van der Waals surface area contributed by atoms with Gasteiger partial charge in [0.05, 0.1) is 18.6 Å². The molecule has 0 saturated heterocycles. The Morgan fingerprint density at radius 1 is 1.20 bits per heavy atom. The molecule has 0 unspecified atom stereocenters. The Labute approximate surface area is 145 Å². The number of para-hydroxylation sites is 1. The fourth-order valence-corrected chi connectivity index (χ4v) is 3.71. The van der Waals surface area contributed by atoms with Gasteiger partial charge in [0.25, 0.3) is 5.69 Å². The van der Waals surface area contributed by atoms with Crippen molar-refractivity contribution in [3.05, 3.63) is 64.2 Å². The van der Waals surface area contributed by atoms with Crippen LogP contribution in [-0.4, -0.2) is 38.2 Å². The third-order valence-electron chi connectivity index (χ3n) is 3.53. The number of nitro benzene ring substituents is 1. The molecule has 134 valence electrons. The highest BCUT2D eigenvalue weighted by atomic mass is 32.2. The molecule has 0 aliphatic carbocycles. The van der Waals surface area contributed by atoms with Gasteiger partial charge in [-0.15, -0.1) is 0 Å². The predicted molar refractivity (Wildman–Crippen MR) is 91.0 cm³/mol. The third-order valence-corrected chi connectivity index (χ3v) is 5.10. The summed E-state index contributed by atoms with van der Waals surface area (Å²) in [5.74, 6) is 0.657. The van der Waals surface area contributed by atoms with Crippen LogP contribution in [0.4, 0.5) is 5.69 Å². The van der Waals surface area contributed by atoms with Crippen LogP contribution in [0, 0.1) is 10.1 Å². The van der Waals surface area contributed by atoms with E-state index in [1.165, 1.54) is 19.2 Å². The number of nitro groups is 1. The molecule has 8 nitrogen and oxygen atoms in total. The van der Waals surface area contributed by atoms with Crippen LogP contribution in [-0.2, 0) is 16.4 Å². The number of ether oxygens (including phenoxy) is 1. The molecule has 2 aromatic carbocycles. The van der Waals surface area contributed by atoms with Crippen molar-refractivity contribution in [2.24, 2.45) is 0 Å². The van der Waals surface area contributed by atoms with Crippen LogP contribution in [0.3, 0.4) is 0 Å². The zero-order valence-electron chi connectivity index (χ0n) is 13.5. The van der Waals surface area contributed by atoms with E-state index >= 15 is 0 Å². The van der Waals surface area contributed by atoms with Crippen molar-refractivity contribution >= 4 is 15.7 Å². The van der Waals surface area contributed by atoms with Gasteiger partial charge in [-0.1, -0.05) is 24.3 Å². The molecule has 2 aromatic rings. The SMILES string of the molecule is COc1ccc(C[C@H](CO)NS(=O)(=O)c2ccccc2[N+](=O)[O-])cc1. The van der Waals surface area contributed by atoms with E-state index in [0.29, 0.717) is 5.75 Å². The van der Waals surface area contributed by atoms with Gasteiger partial charge >= 0.3 is 0 Å². The fourth-order valence-electron chi connectivity index (χ4n) is 2.31. The van der Waals surface area contributed by atoms with Crippen LogP contribution in [0.5, 0.6) is 5.75 Å². The van der Waals surface area contributed by atoms with Crippen molar-refractivity contribution in [3.63, 3.8) is 0 Å². The molecule has 0 amide bonds. The maximum Gasteiger partial charge on any atom is 0.289 e. The molecule has 0 aromatic heterocycles. The zero-order valence-corrected chi connectivity index (χ0v) is 14.3. The molecule has 0 spiro atoms. The topological polar surface area (TPSA) is 119 Å². The lowest BCUT2D eigenvalue weighted by molar-refractivity contribution is -0.387. The first-order valence-corrected chi connectivity index (χ1v) is 8.85. The summed E-state index contributed by atoms with van der Waals surface area (Å²) in [5, 5.41) is 20.5. The summed E-state index contributed by atoms with van der Waals surface area (Å²) in [4.78, 5) is 9.83. The summed E-state index contributed by atoms with van der Waals surface area (Å²) < 4.78 is 32.3. The summed E-state index contributed by atoms with van der Waals surface area (Å²) in [7, 11) is -2.62. The number of sulfonamides is 1. The molecule has 0 radical (unpaired) electrons. The number of hydrogen-bond acceptors (Lipinski definition) is 6. The van der Waals surface area contributed by atoms with E-state index in [9.17, 15) is 23.6 Å². The van der Waals surface area contributed by atoms with Crippen molar-refractivity contribution in [2.75, 3.05) is 13.7 Å². The molecule has 25 heavy (non-hydrogen) atoms. The van der Waals surface area contributed by atoms with Crippen LogP contribution in [0.25, 0.3) is 0 Å². The molecule has 0 aliphatic heterocycles. The first-order valence-electron chi connectivity index (χ1n) is 7.37. The molecule has 0 bridgehead atoms. The van der Waals surface area contributed by atoms with Gasteiger partial charge in [-0.05, 0) is 30.2 Å². The lowest BCUT2D eigenvalue weighted by Gasteiger charge is -2.17. The summed E-state index contributed by atoms with van der Waals surface area (Å²) in [6.45, 7) is -0.452. The number of rotatable bonds is 8. The number of benzene rings is 2. The molecule has 0 aliphatic rings. The maximum atomic E-state index is 12.5. The monoisotopic (exact) mass is 366 g/mol. The predicted octanol–water partition coefficient (Wildman–Crippen LogP) is 1.49. The first-order chi connectivity index (χ1) is 11.9. The number of nitrogens with zero attached hydrogens (tertiary/aromatic N) is 1. The number of aliphatic hydroxyl groups is 1. The Bertz CT molecular complexity index is 836. The third kappa shape index (κ3) is 4.75. The molecule has 0 fully saturated rings. The Morgan fingerprint density at radius 3 is 2.40 bits per heavy atom. The second-order valence-corrected chi connectivity index (χ2v) is 6.96. The second kappa shape index (κ2) is 8.06. The standard InChI is InChI=1S/C16H18N2O6S/c1-24-14-8-6-12(7-9-14)10-13(11-19)17-25(22,23)16-5-3-2-4-15(16)18(20)21/h2-9,13,17,19H,10-11H2,1H3/t13-/m1/s1. The smallest absolute Gasteiger partial charge is 0.289 e. The summed E-state index contributed by atoms with van der Waals surface area (Å²) >= 11 is 0. The molecule has 0 heterocycles. The Morgan fingerprint density at radius 2 is 1.84 bits per heavy atom. The number of methoxy groups -OCH3 is 1. The van der Waals surface area contributed by atoms with E-state index in [1.807, 2.05) is 0 Å². The molecular formula is C16H18N2O6S. The molecule has 1 atom stereocenters. The van der Waals surface area contributed by atoms with Gasteiger partial charge in [-0.3, -0.25) is 10.1 Å². The highest BCUT2D eigenvalue weighted by molar-refractivity contribution is 7.89. The van der Waals surface area contributed by atoms with E-state index in [1.54, 1.807) is 24.3 Å². The average Bonchev–Trinajstić information content (AvgIpc) is 2.61. The molecule has 0 saturated carbocycles. The summed E-state index contributed by atoms with van der Waals surface area (Å²) in [6, 6.07) is 11.2. The minimum atomic E-state index is -4.16. The molecule has 9 heteroatoms. The van der Waals surface area contributed by atoms with Gasteiger partial charge in [0.15, 0.2) is 4.90 Å². The fraction of sp³-hybridized carbons (Fsp3) is 0.250. The van der Waals surface area contributed by atoms with Gasteiger partial charge in [0, 0.05) is 12.1 Å².